The Morgan fingerprint density at radius 2 is 1.19 bits per heavy atom. The van der Waals surface area contributed by atoms with Gasteiger partial charge in [0, 0.05) is 19.3 Å². The van der Waals surface area contributed by atoms with Crippen molar-refractivity contribution in [1.29, 1.82) is 0 Å². The van der Waals surface area contributed by atoms with E-state index in [1.807, 2.05) is 0 Å². The van der Waals surface area contributed by atoms with Crippen LogP contribution in [0, 0.1) is 0 Å². The zero-order valence-corrected chi connectivity index (χ0v) is 30.2. The van der Waals surface area contributed by atoms with Crippen molar-refractivity contribution in [3.8, 4) is 0 Å². The fourth-order valence-electron chi connectivity index (χ4n) is 4.62. The van der Waals surface area contributed by atoms with Crippen LogP contribution in [0.4, 0.5) is 0 Å². The number of carboxylic acid groups (broad SMARTS) is 1. The Balaban J connectivity index is 4.36. The highest BCUT2D eigenvalue weighted by atomic mass is 16.6. The molecule has 0 saturated heterocycles. The molecule has 0 aromatic heterocycles. The summed E-state index contributed by atoms with van der Waals surface area (Å²) >= 11 is 0. The lowest BCUT2D eigenvalue weighted by atomic mass is 10.1. The summed E-state index contributed by atoms with van der Waals surface area (Å²) in [6.45, 7) is 4.35. The molecule has 0 N–H and O–H groups in total. The van der Waals surface area contributed by atoms with E-state index in [1.165, 1.54) is 0 Å². The van der Waals surface area contributed by atoms with Crippen molar-refractivity contribution in [2.45, 2.75) is 129 Å². The number of unbranched alkanes of at least 4 members (excludes halogenated alkanes) is 6. The maximum Gasteiger partial charge on any atom is 0.306 e. The first-order valence-electron chi connectivity index (χ1n) is 17.8. The minimum Gasteiger partial charge on any atom is -0.544 e. The van der Waals surface area contributed by atoms with Crippen molar-refractivity contribution >= 4 is 17.9 Å². The van der Waals surface area contributed by atoms with Crippen molar-refractivity contribution in [1.82, 2.24) is 0 Å². The fraction of sp³-hybridized carbons (Fsp3) is 0.667. The smallest absolute Gasteiger partial charge is 0.306 e. The monoisotopic (exact) mass is 659 g/mol. The van der Waals surface area contributed by atoms with E-state index in [0.29, 0.717) is 12.8 Å². The van der Waals surface area contributed by atoms with Gasteiger partial charge in [-0.05, 0) is 57.8 Å². The molecular weight excluding hydrogens is 594 g/mol. The Hall–Kier alpha value is -2.97. The molecule has 8 nitrogen and oxygen atoms in total. The number of rotatable bonds is 30. The molecule has 47 heavy (non-hydrogen) atoms. The van der Waals surface area contributed by atoms with Gasteiger partial charge >= 0.3 is 11.9 Å². The second kappa shape index (κ2) is 30.4. The van der Waals surface area contributed by atoms with Crippen molar-refractivity contribution in [2.24, 2.45) is 0 Å². The maximum absolute atomic E-state index is 12.5. The average Bonchev–Trinajstić information content (AvgIpc) is 3.02. The molecule has 0 aliphatic rings. The average molecular weight is 660 g/mol. The predicted molar refractivity (Wildman–Crippen MR) is 189 cm³/mol. The quantitative estimate of drug-likeness (QED) is 0.0344. The first-order chi connectivity index (χ1) is 22.6. The number of aliphatic carboxylic acids is 1. The number of quaternary nitrogens is 1. The van der Waals surface area contributed by atoms with Crippen molar-refractivity contribution in [3.05, 3.63) is 60.8 Å². The number of ether oxygens (including phenoxy) is 3. The minimum absolute atomic E-state index is 0.0236. The normalized spacial score (nSPS) is 13.8. The number of esters is 2. The molecule has 0 aliphatic carbocycles. The van der Waals surface area contributed by atoms with Crippen LogP contribution in [0.2, 0.25) is 0 Å². The molecule has 0 aliphatic heterocycles. The van der Waals surface area contributed by atoms with Gasteiger partial charge in [-0.25, -0.2) is 0 Å². The Kier molecular flexibility index (Phi) is 28.4. The van der Waals surface area contributed by atoms with Gasteiger partial charge in [-0.2, -0.15) is 0 Å². The van der Waals surface area contributed by atoms with Gasteiger partial charge in [-0.15, -0.1) is 0 Å². The highest BCUT2D eigenvalue weighted by Gasteiger charge is 2.25. The molecule has 8 heteroatoms. The molecule has 0 rings (SSSR count). The molecule has 0 fully saturated rings. The first-order valence-corrected chi connectivity index (χ1v) is 17.8. The number of hydrogen-bond donors (Lipinski definition) is 0. The van der Waals surface area contributed by atoms with Crippen LogP contribution < -0.4 is 5.11 Å². The van der Waals surface area contributed by atoms with Crippen LogP contribution in [-0.4, -0.2) is 75.5 Å². The highest BCUT2D eigenvalue weighted by Crippen LogP contribution is 2.11. The zero-order valence-electron chi connectivity index (χ0n) is 30.2. The molecule has 268 valence electrons. The van der Waals surface area contributed by atoms with Crippen LogP contribution >= 0.6 is 0 Å². The number of carbonyl (C=O) groups is 3. The number of nitrogens with zero attached hydrogens (tertiary/aromatic N) is 1. The van der Waals surface area contributed by atoms with Gasteiger partial charge in [0.2, 0.25) is 0 Å². The molecule has 2 atom stereocenters. The van der Waals surface area contributed by atoms with Gasteiger partial charge in [0.25, 0.3) is 0 Å². The number of likely N-dealkylation sites (N-methyl/N-ethyl adjacent to an activating group) is 1. The molecule has 0 aromatic carbocycles. The van der Waals surface area contributed by atoms with Crippen molar-refractivity contribution in [2.75, 3.05) is 41.0 Å². The predicted octanol–water partition coefficient (Wildman–Crippen LogP) is 7.35. The maximum atomic E-state index is 12.5. The van der Waals surface area contributed by atoms with E-state index < -0.39 is 18.1 Å². The Labute approximate surface area is 286 Å². The number of allylic oxidation sites excluding steroid dienone is 10. The molecule has 0 aromatic rings. The lowest BCUT2D eigenvalue weighted by Crippen LogP contribution is -2.55. The summed E-state index contributed by atoms with van der Waals surface area (Å²) in [4.78, 5) is 36.2. The molecule has 0 radical (unpaired) electrons. The van der Waals surface area contributed by atoms with E-state index in [4.69, 9.17) is 14.2 Å². The van der Waals surface area contributed by atoms with Crippen molar-refractivity contribution < 1.29 is 38.2 Å². The van der Waals surface area contributed by atoms with E-state index >= 15 is 0 Å². The van der Waals surface area contributed by atoms with Crippen molar-refractivity contribution in [3.63, 3.8) is 0 Å². The third-order valence-corrected chi connectivity index (χ3v) is 7.42. The summed E-state index contributed by atoms with van der Waals surface area (Å²) in [5, 5.41) is 11.5. The van der Waals surface area contributed by atoms with Crippen LogP contribution in [0.15, 0.2) is 60.8 Å². The van der Waals surface area contributed by atoms with Crippen LogP contribution in [0.25, 0.3) is 0 Å². The Bertz CT molecular complexity index is 959. The van der Waals surface area contributed by atoms with Crippen LogP contribution in [0.1, 0.15) is 117 Å². The SMILES string of the molecule is CC/C=C\C/C=C\C/C=C\C/C=C\C/C=C\CCCCCC(=O)OC(COCCC(C(=O)[O-])[N+](C)(C)C)COC(=O)CCCCCC. The molecule has 0 bridgehead atoms. The van der Waals surface area contributed by atoms with E-state index in [0.717, 1.165) is 77.0 Å². The van der Waals surface area contributed by atoms with Gasteiger partial charge in [0.05, 0.1) is 40.3 Å². The topological polar surface area (TPSA) is 102 Å². The summed E-state index contributed by atoms with van der Waals surface area (Å²) in [6, 6.07) is -0.730. The second-order valence-corrected chi connectivity index (χ2v) is 12.7. The largest absolute Gasteiger partial charge is 0.544 e. The third kappa shape index (κ3) is 28.9. The van der Waals surface area contributed by atoms with Gasteiger partial charge in [-0.3, -0.25) is 9.59 Å². The summed E-state index contributed by atoms with van der Waals surface area (Å²) in [7, 11) is 5.36. The minimum atomic E-state index is -1.14. The van der Waals surface area contributed by atoms with E-state index in [-0.39, 0.29) is 49.1 Å². The molecular formula is C39H65NO7. The van der Waals surface area contributed by atoms with E-state index in [1.54, 1.807) is 21.1 Å². The Morgan fingerprint density at radius 1 is 0.660 bits per heavy atom. The summed E-state index contributed by atoms with van der Waals surface area (Å²) in [5.41, 5.74) is 0. The summed E-state index contributed by atoms with van der Waals surface area (Å²) in [6.07, 6.45) is 34.4. The standard InChI is InChI=1S/C39H65NO7/c1-6-8-10-12-13-14-15-16-17-18-19-20-21-22-23-24-25-26-28-30-38(42)47-35(34-46-37(41)29-27-11-9-7-2)33-45-32-31-36(39(43)44)40(3,4)5/h8,10,13-14,16-17,19-20,22-23,35-36H,6-7,9,11-12,15,18,21,24-34H2,1-5H3/b10-8-,14-13-,17-16-,20-19-,23-22-. The summed E-state index contributed by atoms with van der Waals surface area (Å²) < 4.78 is 16.9. The number of carboxylic acids is 1. The number of hydrogen-bond acceptors (Lipinski definition) is 7. The number of carbonyl (C=O) groups excluding carboxylic acids is 3. The molecule has 0 spiro atoms. The van der Waals surface area contributed by atoms with Crippen LogP contribution in [0.5, 0.6) is 0 Å². The fourth-order valence-corrected chi connectivity index (χ4v) is 4.62. The second-order valence-electron chi connectivity index (χ2n) is 12.7. The van der Waals surface area contributed by atoms with Gasteiger partial charge in [0.15, 0.2) is 6.10 Å². The molecule has 0 amide bonds. The zero-order chi connectivity index (χ0) is 35.0. The van der Waals surface area contributed by atoms with E-state index in [2.05, 4.69) is 74.6 Å². The van der Waals surface area contributed by atoms with Crippen LogP contribution in [0.3, 0.4) is 0 Å². The first kappa shape index (κ1) is 44.0. The molecule has 0 heterocycles. The lowest BCUT2D eigenvalue weighted by Gasteiger charge is -2.34. The van der Waals surface area contributed by atoms with Gasteiger partial charge < -0.3 is 28.6 Å². The van der Waals surface area contributed by atoms with Gasteiger partial charge in [0.1, 0.15) is 12.6 Å². The lowest BCUT2D eigenvalue weighted by molar-refractivity contribution is -0.889. The Morgan fingerprint density at radius 3 is 1.72 bits per heavy atom. The van der Waals surface area contributed by atoms with E-state index in [9.17, 15) is 19.5 Å². The summed E-state index contributed by atoms with van der Waals surface area (Å²) in [5.74, 6) is -1.81. The van der Waals surface area contributed by atoms with Crippen LogP contribution in [-0.2, 0) is 28.6 Å². The van der Waals surface area contributed by atoms with Gasteiger partial charge in [-0.1, -0.05) is 100 Å². The molecule has 2 unspecified atom stereocenters. The highest BCUT2D eigenvalue weighted by molar-refractivity contribution is 5.70. The third-order valence-electron chi connectivity index (χ3n) is 7.42. The molecule has 0 saturated carbocycles.